The van der Waals surface area contributed by atoms with Gasteiger partial charge < -0.3 is 14.5 Å². The normalized spacial score (nSPS) is 30.0. The maximum absolute atomic E-state index is 5.50. The summed E-state index contributed by atoms with van der Waals surface area (Å²) in [4.78, 5) is 7.62. The minimum absolute atomic E-state index is 0.585. The highest BCUT2D eigenvalue weighted by Crippen LogP contribution is 2.17. The van der Waals surface area contributed by atoms with Gasteiger partial charge in [-0.25, -0.2) is 0 Å². The molecule has 4 nitrogen and oxygen atoms in total. The van der Waals surface area contributed by atoms with Gasteiger partial charge in [-0.1, -0.05) is 6.42 Å². The van der Waals surface area contributed by atoms with E-state index in [1.165, 1.54) is 51.9 Å². The number of hydrogen-bond acceptors (Lipinski definition) is 4. The van der Waals surface area contributed by atoms with E-state index in [0.29, 0.717) is 6.04 Å². The molecule has 0 spiro atoms. The molecule has 118 valence electrons. The Hall–Kier alpha value is -0.160. The first-order valence-electron chi connectivity index (χ1n) is 8.37. The number of rotatable bonds is 6. The lowest BCUT2D eigenvalue weighted by atomic mass is 10.00. The second kappa shape index (κ2) is 8.32. The third-order valence-corrected chi connectivity index (χ3v) is 5.04. The van der Waals surface area contributed by atoms with E-state index in [9.17, 15) is 0 Å². The van der Waals surface area contributed by atoms with E-state index in [1.807, 2.05) is 0 Å². The number of hydrogen-bond donors (Lipinski definition) is 0. The first kappa shape index (κ1) is 16.2. The van der Waals surface area contributed by atoms with E-state index in [0.717, 1.165) is 25.8 Å². The molecule has 20 heavy (non-hydrogen) atoms. The van der Waals surface area contributed by atoms with Gasteiger partial charge >= 0.3 is 0 Å². The molecule has 0 saturated carbocycles. The van der Waals surface area contributed by atoms with Crippen LogP contribution in [0.5, 0.6) is 0 Å². The van der Waals surface area contributed by atoms with Crippen molar-refractivity contribution >= 4 is 0 Å². The van der Waals surface area contributed by atoms with Crippen molar-refractivity contribution in [3.63, 3.8) is 0 Å². The van der Waals surface area contributed by atoms with Crippen molar-refractivity contribution in [2.45, 2.75) is 44.7 Å². The Kier molecular flexibility index (Phi) is 6.75. The Balaban J connectivity index is 1.61. The van der Waals surface area contributed by atoms with E-state index >= 15 is 0 Å². The summed E-state index contributed by atoms with van der Waals surface area (Å²) in [6, 6.07) is 1.40. The zero-order valence-corrected chi connectivity index (χ0v) is 13.7. The van der Waals surface area contributed by atoms with Crippen LogP contribution < -0.4 is 0 Å². The molecule has 0 aromatic heterocycles. The second-order valence-electron chi connectivity index (χ2n) is 6.68. The number of piperidine rings is 1. The maximum atomic E-state index is 5.50. The van der Waals surface area contributed by atoms with Crippen molar-refractivity contribution < 1.29 is 4.74 Å². The number of likely N-dealkylation sites (tertiary alicyclic amines) is 1. The van der Waals surface area contributed by atoms with Crippen LogP contribution in [-0.4, -0.2) is 86.8 Å². The summed E-state index contributed by atoms with van der Waals surface area (Å²) in [5, 5.41) is 0. The molecule has 0 radical (unpaired) electrons. The van der Waals surface area contributed by atoms with Gasteiger partial charge in [-0.3, -0.25) is 4.90 Å². The molecule has 4 heteroatoms. The molecule has 0 bridgehead atoms. The molecule has 0 N–H and O–H groups in total. The fourth-order valence-electron chi connectivity index (χ4n) is 3.38. The molecule has 2 fully saturated rings. The van der Waals surface area contributed by atoms with Crippen LogP contribution >= 0.6 is 0 Å². The van der Waals surface area contributed by atoms with Gasteiger partial charge in [0.15, 0.2) is 0 Å². The fourth-order valence-corrected chi connectivity index (χ4v) is 3.38. The largest absolute Gasteiger partial charge is 0.379 e. The lowest BCUT2D eigenvalue weighted by Crippen LogP contribution is -2.46. The van der Waals surface area contributed by atoms with Crippen LogP contribution in [-0.2, 0) is 4.74 Å². The van der Waals surface area contributed by atoms with Crippen LogP contribution in [0.2, 0.25) is 0 Å². The Morgan fingerprint density at radius 1 is 1.20 bits per heavy atom. The smallest absolute Gasteiger partial charge is 0.0619 e. The quantitative estimate of drug-likeness (QED) is 0.735. The van der Waals surface area contributed by atoms with Crippen LogP contribution in [0.25, 0.3) is 0 Å². The summed E-state index contributed by atoms with van der Waals surface area (Å²) in [6.07, 6.45) is 5.53. The Morgan fingerprint density at radius 2 is 2.05 bits per heavy atom. The van der Waals surface area contributed by atoms with Gasteiger partial charge in [-0.05, 0) is 53.4 Å². The van der Waals surface area contributed by atoms with Crippen LogP contribution in [0.3, 0.4) is 0 Å². The van der Waals surface area contributed by atoms with Crippen molar-refractivity contribution in [2.75, 3.05) is 60.0 Å². The SMILES string of the molecule is C[C@H]1COCCN1CCN(C)CC[C@H]1CCCCN1C. The van der Waals surface area contributed by atoms with E-state index in [4.69, 9.17) is 4.74 Å². The molecular formula is C16H33N3O. The first-order chi connectivity index (χ1) is 9.66. The Labute approximate surface area is 125 Å². The van der Waals surface area contributed by atoms with Crippen LogP contribution in [0.15, 0.2) is 0 Å². The summed E-state index contributed by atoms with van der Waals surface area (Å²) in [6.45, 7) is 10.1. The average molecular weight is 283 g/mol. The Bertz CT molecular complexity index is 248. The van der Waals surface area contributed by atoms with Crippen molar-refractivity contribution in [3.05, 3.63) is 0 Å². The van der Waals surface area contributed by atoms with Gasteiger partial charge in [0.05, 0.1) is 13.2 Å². The highest BCUT2D eigenvalue weighted by Gasteiger charge is 2.20. The molecule has 2 rings (SSSR count). The molecule has 0 amide bonds. The molecule has 2 aliphatic heterocycles. The minimum Gasteiger partial charge on any atom is -0.379 e. The fraction of sp³-hybridized carbons (Fsp3) is 1.00. The van der Waals surface area contributed by atoms with E-state index in [-0.39, 0.29) is 0 Å². The second-order valence-corrected chi connectivity index (χ2v) is 6.68. The molecule has 0 unspecified atom stereocenters. The zero-order chi connectivity index (χ0) is 14.4. The minimum atomic E-state index is 0.585. The van der Waals surface area contributed by atoms with Crippen LogP contribution in [0.1, 0.15) is 32.6 Å². The predicted octanol–water partition coefficient (Wildman–Crippen LogP) is 1.51. The molecule has 0 aromatic carbocycles. The van der Waals surface area contributed by atoms with Gasteiger partial charge in [0, 0.05) is 31.7 Å². The number of nitrogens with zero attached hydrogens (tertiary/aromatic N) is 3. The van der Waals surface area contributed by atoms with Gasteiger partial charge in [0.2, 0.25) is 0 Å². The molecule has 2 aliphatic rings. The predicted molar refractivity (Wildman–Crippen MR) is 84.2 cm³/mol. The summed E-state index contributed by atoms with van der Waals surface area (Å²) in [7, 11) is 4.56. The standard InChI is InChI=1S/C16H33N3O/c1-15-14-20-13-12-19(15)11-10-17(2)9-7-16-6-4-5-8-18(16)3/h15-16H,4-14H2,1-3H3/t15-,16+/m0/s1. The molecule has 2 heterocycles. The molecule has 0 aliphatic carbocycles. The Morgan fingerprint density at radius 3 is 2.80 bits per heavy atom. The summed E-state index contributed by atoms with van der Waals surface area (Å²) < 4.78 is 5.50. The van der Waals surface area contributed by atoms with Gasteiger partial charge in [0.25, 0.3) is 0 Å². The van der Waals surface area contributed by atoms with Crippen molar-refractivity contribution in [2.24, 2.45) is 0 Å². The lowest BCUT2D eigenvalue weighted by molar-refractivity contribution is -0.00336. The number of likely N-dealkylation sites (N-methyl/N-ethyl adjacent to an activating group) is 1. The van der Waals surface area contributed by atoms with Gasteiger partial charge in [-0.2, -0.15) is 0 Å². The summed E-state index contributed by atoms with van der Waals surface area (Å²) in [5.41, 5.74) is 0. The topological polar surface area (TPSA) is 19.0 Å². The van der Waals surface area contributed by atoms with Crippen molar-refractivity contribution in [1.82, 2.24) is 14.7 Å². The summed E-state index contributed by atoms with van der Waals surface area (Å²) in [5.74, 6) is 0. The number of morpholine rings is 1. The number of ether oxygens (including phenoxy) is 1. The zero-order valence-electron chi connectivity index (χ0n) is 13.7. The van der Waals surface area contributed by atoms with Crippen molar-refractivity contribution in [3.8, 4) is 0 Å². The van der Waals surface area contributed by atoms with Gasteiger partial charge in [-0.15, -0.1) is 0 Å². The third kappa shape index (κ3) is 4.99. The first-order valence-corrected chi connectivity index (χ1v) is 8.37. The van der Waals surface area contributed by atoms with Crippen LogP contribution in [0.4, 0.5) is 0 Å². The molecular weight excluding hydrogens is 250 g/mol. The monoisotopic (exact) mass is 283 g/mol. The lowest BCUT2D eigenvalue weighted by Gasteiger charge is -2.35. The summed E-state index contributed by atoms with van der Waals surface area (Å²) >= 11 is 0. The molecule has 2 atom stereocenters. The molecule has 0 aromatic rings. The van der Waals surface area contributed by atoms with E-state index in [1.54, 1.807) is 0 Å². The molecule has 2 saturated heterocycles. The highest BCUT2D eigenvalue weighted by atomic mass is 16.5. The third-order valence-electron chi connectivity index (χ3n) is 5.04. The van der Waals surface area contributed by atoms with E-state index < -0.39 is 0 Å². The van der Waals surface area contributed by atoms with E-state index in [2.05, 4.69) is 35.7 Å². The highest BCUT2D eigenvalue weighted by molar-refractivity contribution is 4.76. The maximum Gasteiger partial charge on any atom is 0.0619 e. The van der Waals surface area contributed by atoms with Gasteiger partial charge in [0.1, 0.15) is 0 Å². The van der Waals surface area contributed by atoms with Crippen LogP contribution in [0, 0.1) is 0 Å². The van der Waals surface area contributed by atoms with Crippen molar-refractivity contribution in [1.29, 1.82) is 0 Å². The average Bonchev–Trinajstić information content (AvgIpc) is 2.45.